The van der Waals surface area contributed by atoms with Crippen LogP contribution in [-0.2, 0) is 19.6 Å². The maximum atomic E-state index is 13.8. The number of likely N-dealkylation sites (tertiary alicyclic amines) is 1. The van der Waals surface area contributed by atoms with Crippen molar-refractivity contribution in [3.63, 3.8) is 0 Å². The fourth-order valence-electron chi connectivity index (χ4n) is 4.31. The van der Waals surface area contributed by atoms with Gasteiger partial charge in [-0.2, -0.15) is 4.31 Å². The van der Waals surface area contributed by atoms with Gasteiger partial charge in [-0.25, -0.2) is 8.42 Å². The number of carbonyl (C=O) groups excluding carboxylic acids is 2. The number of amides is 2. The molecule has 2 aromatic rings. The van der Waals surface area contributed by atoms with Crippen LogP contribution in [0.15, 0.2) is 52.4 Å². The number of sulfonamides is 1. The number of nitrogens with zero attached hydrogens (tertiary/aromatic N) is 3. The van der Waals surface area contributed by atoms with Crippen molar-refractivity contribution < 1.29 is 28.2 Å². The minimum Gasteiger partial charge on any atom is -0.394 e. The van der Waals surface area contributed by atoms with E-state index in [1.807, 2.05) is 12.1 Å². The molecule has 3 atom stereocenters. The molecular weight excluding hydrogens is 488 g/mol. The summed E-state index contributed by atoms with van der Waals surface area (Å²) in [5.74, 6) is -1.73. The van der Waals surface area contributed by atoms with Gasteiger partial charge in [-0.05, 0) is 35.7 Å². The number of fused-ring (bicyclic) bond motifs is 1. The van der Waals surface area contributed by atoms with E-state index in [0.29, 0.717) is 11.8 Å². The molecular formula is C23H32N6O6S. The van der Waals surface area contributed by atoms with Crippen molar-refractivity contribution in [1.82, 2.24) is 9.21 Å². The van der Waals surface area contributed by atoms with Crippen LogP contribution in [0.1, 0.15) is 19.3 Å². The number of primary amides is 1. The molecule has 13 heteroatoms. The molecule has 0 aromatic heterocycles. The lowest BCUT2D eigenvalue weighted by Gasteiger charge is -2.33. The highest BCUT2D eigenvalue weighted by Gasteiger charge is 2.44. The molecule has 0 unspecified atom stereocenters. The third-order valence-corrected chi connectivity index (χ3v) is 8.01. The van der Waals surface area contributed by atoms with Gasteiger partial charge < -0.3 is 32.3 Å². The number of rotatable bonds is 11. The number of aliphatic hydroxyl groups excluding tert-OH is 2. The molecule has 2 aromatic carbocycles. The molecule has 3 rings (SSSR count). The quantitative estimate of drug-likeness (QED) is 0.136. The van der Waals surface area contributed by atoms with Gasteiger partial charge in [0.1, 0.15) is 12.1 Å². The predicted molar refractivity (Wildman–Crippen MR) is 134 cm³/mol. The van der Waals surface area contributed by atoms with Crippen LogP contribution >= 0.6 is 0 Å². The van der Waals surface area contributed by atoms with Gasteiger partial charge in [-0.15, -0.1) is 0 Å². The first-order valence-electron chi connectivity index (χ1n) is 11.5. The van der Waals surface area contributed by atoms with Crippen molar-refractivity contribution in [3.8, 4) is 0 Å². The predicted octanol–water partition coefficient (Wildman–Crippen LogP) is -1.31. The summed E-state index contributed by atoms with van der Waals surface area (Å²) in [4.78, 5) is 30.2. The third kappa shape index (κ3) is 6.10. The molecule has 2 amide bonds. The summed E-state index contributed by atoms with van der Waals surface area (Å²) >= 11 is 0. The Bertz CT molecular complexity index is 1230. The minimum atomic E-state index is -4.27. The van der Waals surface area contributed by atoms with Gasteiger partial charge in [-0.3, -0.25) is 14.6 Å². The van der Waals surface area contributed by atoms with E-state index in [9.17, 15) is 28.2 Å². The maximum absolute atomic E-state index is 13.8. The summed E-state index contributed by atoms with van der Waals surface area (Å²) in [6.07, 6.45) is -0.346. The van der Waals surface area contributed by atoms with Crippen LogP contribution in [0.4, 0.5) is 0 Å². The summed E-state index contributed by atoms with van der Waals surface area (Å²) in [5, 5.41) is 21.7. The summed E-state index contributed by atoms with van der Waals surface area (Å²) in [6, 6.07) is 9.19. The fraction of sp³-hybridized carbons (Fsp3) is 0.435. The van der Waals surface area contributed by atoms with Crippen molar-refractivity contribution in [2.24, 2.45) is 22.2 Å². The van der Waals surface area contributed by atoms with E-state index < -0.39 is 46.6 Å². The molecule has 1 aliphatic heterocycles. The average Bonchev–Trinajstić information content (AvgIpc) is 3.24. The molecule has 0 radical (unpaired) electrons. The van der Waals surface area contributed by atoms with Gasteiger partial charge in [0.05, 0.1) is 17.6 Å². The molecule has 1 fully saturated rings. The number of carbonyl (C=O) groups is 2. The molecule has 0 spiro atoms. The first kappa shape index (κ1) is 27.3. The second kappa shape index (κ2) is 11.6. The fourth-order valence-corrected chi connectivity index (χ4v) is 5.95. The molecule has 1 saturated heterocycles. The molecule has 12 nitrogen and oxygen atoms in total. The molecule has 0 saturated carbocycles. The van der Waals surface area contributed by atoms with E-state index >= 15 is 0 Å². The van der Waals surface area contributed by atoms with Crippen molar-refractivity contribution in [1.29, 1.82) is 0 Å². The maximum Gasteiger partial charge on any atom is 0.244 e. The number of nitrogens with two attached hydrogens (primary N) is 3. The van der Waals surface area contributed by atoms with E-state index in [4.69, 9.17) is 17.2 Å². The lowest BCUT2D eigenvalue weighted by atomic mass is 10.1. The van der Waals surface area contributed by atoms with Gasteiger partial charge in [0, 0.05) is 26.1 Å². The Kier molecular flexibility index (Phi) is 8.84. The number of aliphatic hydroxyl groups is 2. The Morgan fingerprint density at radius 2 is 1.81 bits per heavy atom. The van der Waals surface area contributed by atoms with Crippen LogP contribution in [0, 0.1) is 0 Å². The Labute approximate surface area is 209 Å². The number of benzene rings is 2. The number of β-amino-alcohol motifs (C(OH)–C–C–N with tert-alkyl or cyclic N) is 1. The largest absolute Gasteiger partial charge is 0.394 e. The van der Waals surface area contributed by atoms with Crippen molar-refractivity contribution in [2.45, 2.75) is 42.3 Å². The van der Waals surface area contributed by atoms with Gasteiger partial charge in [0.2, 0.25) is 21.8 Å². The Balaban J connectivity index is 1.96. The van der Waals surface area contributed by atoms with Crippen LogP contribution in [0.5, 0.6) is 0 Å². The number of hydrogen-bond donors (Lipinski definition) is 5. The second-order valence-electron chi connectivity index (χ2n) is 8.64. The van der Waals surface area contributed by atoms with E-state index in [0.717, 1.165) is 14.6 Å². The van der Waals surface area contributed by atoms with Crippen molar-refractivity contribution in [3.05, 3.63) is 42.5 Å². The van der Waals surface area contributed by atoms with Gasteiger partial charge in [0.25, 0.3) is 0 Å². The van der Waals surface area contributed by atoms with Crippen molar-refractivity contribution >= 4 is 38.6 Å². The normalized spacial score (nSPS) is 18.9. The zero-order chi connectivity index (χ0) is 26.5. The van der Waals surface area contributed by atoms with Gasteiger partial charge in [-0.1, -0.05) is 30.3 Å². The van der Waals surface area contributed by atoms with E-state index in [1.165, 1.54) is 12.1 Å². The lowest BCUT2D eigenvalue weighted by molar-refractivity contribution is -0.141. The zero-order valence-electron chi connectivity index (χ0n) is 19.7. The second-order valence-corrected chi connectivity index (χ2v) is 10.5. The SMILES string of the molecule is NC(=O)[C@@H]1C[C@H](O)CN1C(=O)[C@H](CO)N(CCCCN=C(N)N)S(=O)(=O)c1ccc2ccccc2c1. The summed E-state index contributed by atoms with van der Waals surface area (Å²) in [5.41, 5.74) is 16.1. The van der Waals surface area contributed by atoms with Gasteiger partial charge in [0.15, 0.2) is 5.96 Å². The van der Waals surface area contributed by atoms with Crippen LogP contribution in [-0.4, -0.2) is 90.0 Å². The van der Waals surface area contributed by atoms with Crippen LogP contribution < -0.4 is 17.2 Å². The molecule has 0 bridgehead atoms. The average molecular weight is 521 g/mol. The Hall–Kier alpha value is -3.26. The van der Waals surface area contributed by atoms with Crippen LogP contribution in [0.3, 0.4) is 0 Å². The summed E-state index contributed by atoms with van der Waals surface area (Å²) < 4.78 is 28.5. The monoisotopic (exact) mass is 520 g/mol. The minimum absolute atomic E-state index is 0.0513. The van der Waals surface area contributed by atoms with Crippen LogP contribution in [0.2, 0.25) is 0 Å². The number of aliphatic imine (C=N–C) groups is 1. The summed E-state index contributed by atoms with van der Waals surface area (Å²) in [7, 11) is -4.27. The molecule has 36 heavy (non-hydrogen) atoms. The smallest absolute Gasteiger partial charge is 0.244 e. The molecule has 1 aliphatic rings. The molecule has 0 aliphatic carbocycles. The first-order chi connectivity index (χ1) is 17.1. The highest BCUT2D eigenvalue weighted by Crippen LogP contribution is 2.26. The standard InChI is InChI=1S/C23H32N6O6S/c24-21(32)19-12-17(31)13-28(19)22(33)20(14-30)29(10-4-3-9-27-23(25)26)36(34,35)18-8-7-15-5-1-2-6-16(15)11-18/h1-2,5-8,11,17,19-20,30-31H,3-4,9-10,12-14H2,(H2,24,32)(H4,25,26,27)/t17-,19-,20-/m0/s1. The van der Waals surface area contributed by atoms with E-state index in [-0.39, 0.29) is 43.3 Å². The molecule has 1 heterocycles. The number of unbranched alkanes of at least 4 members (excludes halogenated alkanes) is 1. The third-order valence-electron chi connectivity index (χ3n) is 6.10. The first-order valence-corrected chi connectivity index (χ1v) is 12.9. The number of guanidine groups is 1. The molecule has 196 valence electrons. The summed E-state index contributed by atoms with van der Waals surface area (Å²) in [6.45, 7) is -0.898. The number of hydrogen-bond acceptors (Lipinski definition) is 7. The molecule has 8 N–H and O–H groups in total. The van der Waals surface area contributed by atoms with Crippen molar-refractivity contribution in [2.75, 3.05) is 26.2 Å². The Morgan fingerprint density at radius 1 is 1.11 bits per heavy atom. The topological polar surface area (TPSA) is 206 Å². The van der Waals surface area contributed by atoms with E-state index in [2.05, 4.69) is 4.99 Å². The lowest BCUT2D eigenvalue weighted by Crippen LogP contribution is -2.56. The highest BCUT2D eigenvalue weighted by atomic mass is 32.2. The zero-order valence-corrected chi connectivity index (χ0v) is 20.5. The van der Waals surface area contributed by atoms with Gasteiger partial charge >= 0.3 is 0 Å². The Morgan fingerprint density at radius 3 is 2.44 bits per heavy atom. The highest BCUT2D eigenvalue weighted by molar-refractivity contribution is 7.89. The van der Waals surface area contributed by atoms with E-state index in [1.54, 1.807) is 18.2 Å². The van der Waals surface area contributed by atoms with Crippen LogP contribution in [0.25, 0.3) is 10.8 Å².